The zero-order valence-corrected chi connectivity index (χ0v) is 20.9. The lowest BCUT2D eigenvalue weighted by molar-refractivity contribution is -0.172. The van der Waals surface area contributed by atoms with Crippen LogP contribution in [0.1, 0.15) is 43.9 Å². The molecule has 0 saturated heterocycles. The third kappa shape index (κ3) is 3.13. The minimum Gasteiger partial charge on any atom is -0.458 e. The Labute approximate surface area is 194 Å². The topological polar surface area (TPSA) is 81.4 Å². The van der Waals surface area contributed by atoms with Crippen LogP contribution in [-0.4, -0.2) is 28.7 Å². The van der Waals surface area contributed by atoms with Gasteiger partial charge in [0.15, 0.2) is 5.60 Å². The van der Waals surface area contributed by atoms with Crippen molar-refractivity contribution in [3.05, 3.63) is 57.4 Å². The van der Waals surface area contributed by atoms with Gasteiger partial charge in [-0.05, 0) is 40.6 Å². The van der Waals surface area contributed by atoms with E-state index in [-0.39, 0.29) is 18.6 Å². The number of nitrogens with zero attached hydrogens (tertiary/aromatic N) is 2. The normalized spacial score (nSPS) is 19.4. The van der Waals surface area contributed by atoms with E-state index in [0.29, 0.717) is 29.3 Å². The maximum absolute atomic E-state index is 13.6. The SMILES string of the molecule is CC[C@@]1(O)C(=O)OCc2c1cc1n(c2=O)Cc2c-1nc1ccccc1c2[Si](C)(C)CC(C)C. The highest BCUT2D eigenvalue weighted by Gasteiger charge is 2.46. The Morgan fingerprint density at radius 1 is 1.21 bits per heavy atom. The van der Waals surface area contributed by atoms with E-state index in [0.717, 1.165) is 22.8 Å². The van der Waals surface area contributed by atoms with Gasteiger partial charge < -0.3 is 14.4 Å². The monoisotopic (exact) mass is 462 g/mol. The molecule has 1 atom stereocenters. The Balaban J connectivity index is 1.83. The number of aliphatic hydroxyl groups is 1. The standard InChI is InChI=1S/C26H30N2O4Si/c1-6-26(31)19-11-21-22-17(12-28(21)24(29)18(19)13-32-25(26)30)23(33(4,5)14-15(2)3)16-9-7-8-10-20(16)27-22/h7-11,15,31H,6,12-14H2,1-5H3/t26-/m0/s1. The van der Waals surface area contributed by atoms with Gasteiger partial charge in [0.2, 0.25) is 0 Å². The number of carbonyl (C=O) groups is 1. The van der Waals surface area contributed by atoms with Crippen molar-refractivity contribution >= 4 is 30.1 Å². The van der Waals surface area contributed by atoms with Crippen molar-refractivity contribution in [1.82, 2.24) is 9.55 Å². The van der Waals surface area contributed by atoms with Crippen LogP contribution in [0.5, 0.6) is 0 Å². The van der Waals surface area contributed by atoms with Gasteiger partial charge in [0.05, 0.1) is 37.1 Å². The minimum absolute atomic E-state index is 0.109. The van der Waals surface area contributed by atoms with Crippen molar-refractivity contribution < 1.29 is 14.6 Å². The van der Waals surface area contributed by atoms with Gasteiger partial charge >= 0.3 is 5.97 Å². The number of benzene rings is 1. The minimum atomic E-state index is -1.88. The second kappa shape index (κ2) is 7.37. The largest absolute Gasteiger partial charge is 0.458 e. The average Bonchev–Trinajstić information content (AvgIpc) is 3.12. The Kier molecular flexibility index (Phi) is 4.92. The fraction of sp³-hybridized carbons (Fsp3) is 0.423. The van der Waals surface area contributed by atoms with Crippen LogP contribution >= 0.6 is 0 Å². The Morgan fingerprint density at radius 3 is 2.64 bits per heavy atom. The number of hydrogen-bond donors (Lipinski definition) is 1. The van der Waals surface area contributed by atoms with Gasteiger partial charge in [-0.15, -0.1) is 0 Å². The molecule has 0 radical (unpaired) electrons. The molecule has 7 heteroatoms. The third-order valence-corrected chi connectivity index (χ3v) is 11.0. The number of para-hydroxylation sites is 1. The highest BCUT2D eigenvalue weighted by Crippen LogP contribution is 2.39. The van der Waals surface area contributed by atoms with Crippen molar-refractivity contribution in [2.75, 3.05) is 0 Å². The lowest BCUT2D eigenvalue weighted by atomic mass is 9.86. The molecule has 0 amide bonds. The van der Waals surface area contributed by atoms with Gasteiger partial charge in [-0.1, -0.05) is 58.1 Å². The molecule has 1 N–H and O–H groups in total. The van der Waals surface area contributed by atoms with Crippen molar-refractivity contribution in [3.8, 4) is 11.4 Å². The zero-order chi connectivity index (χ0) is 23.7. The van der Waals surface area contributed by atoms with Crippen LogP contribution in [0.2, 0.25) is 19.1 Å². The van der Waals surface area contributed by atoms with E-state index in [1.165, 1.54) is 10.6 Å². The van der Waals surface area contributed by atoms with Crippen LogP contribution in [0.4, 0.5) is 0 Å². The lowest BCUT2D eigenvalue weighted by Crippen LogP contribution is -2.45. The number of esters is 1. The van der Waals surface area contributed by atoms with Gasteiger partial charge in [-0.3, -0.25) is 4.79 Å². The van der Waals surface area contributed by atoms with E-state index in [9.17, 15) is 14.7 Å². The smallest absolute Gasteiger partial charge is 0.343 e. The first-order chi connectivity index (χ1) is 15.6. The number of hydrogen-bond acceptors (Lipinski definition) is 5. The molecule has 0 unspecified atom stereocenters. The van der Waals surface area contributed by atoms with E-state index in [4.69, 9.17) is 9.72 Å². The summed E-state index contributed by atoms with van der Waals surface area (Å²) in [7, 11) is -1.88. The molecule has 2 aromatic heterocycles. The maximum atomic E-state index is 13.6. The van der Waals surface area contributed by atoms with E-state index in [1.807, 2.05) is 12.1 Å². The summed E-state index contributed by atoms with van der Waals surface area (Å²) in [6, 6.07) is 11.1. The Bertz CT molecular complexity index is 1370. The van der Waals surface area contributed by atoms with Crippen LogP contribution in [0.3, 0.4) is 0 Å². The fourth-order valence-electron chi connectivity index (χ4n) is 5.92. The molecular weight excluding hydrogens is 432 g/mol. The van der Waals surface area contributed by atoms with E-state index >= 15 is 0 Å². The van der Waals surface area contributed by atoms with Crippen LogP contribution < -0.4 is 10.7 Å². The second-order valence-corrected chi connectivity index (χ2v) is 15.1. The molecule has 1 aromatic carbocycles. The average molecular weight is 463 g/mol. The van der Waals surface area contributed by atoms with Gasteiger partial charge in [0.25, 0.3) is 5.56 Å². The molecule has 6 nitrogen and oxygen atoms in total. The van der Waals surface area contributed by atoms with Crippen molar-refractivity contribution in [2.24, 2.45) is 5.92 Å². The number of aromatic nitrogens is 2. The molecule has 0 spiro atoms. The molecule has 2 aliphatic heterocycles. The summed E-state index contributed by atoms with van der Waals surface area (Å²) in [5.74, 6) is -0.131. The van der Waals surface area contributed by atoms with E-state index in [1.54, 1.807) is 17.6 Å². The molecule has 0 fully saturated rings. The summed E-state index contributed by atoms with van der Waals surface area (Å²) in [6.45, 7) is 11.4. The third-order valence-electron chi connectivity index (χ3n) is 7.19. The summed E-state index contributed by atoms with van der Waals surface area (Å²) < 4.78 is 6.95. The molecule has 3 aromatic rings. The second-order valence-electron chi connectivity index (χ2n) is 10.4. The highest BCUT2D eigenvalue weighted by atomic mass is 28.3. The molecule has 0 aliphatic carbocycles. The molecule has 4 heterocycles. The lowest BCUT2D eigenvalue weighted by Gasteiger charge is -2.31. The molecule has 0 saturated carbocycles. The van der Waals surface area contributed by atoms with Crippen molar-refractivity contribution in [1.29, 1.82) is 0 Å². The molecular formula is C26H30N2O4Si. The maximum Gasteiger partial charge on any atom is 0.343 e. The first-order valence-corrected chi connectivity index (χ1v) is 14.9. The first kappa shape index (κ1) is 22.0. The summed E-state index contributed by atoms with van der Waals surface area (Å²) in [5.41, 5.74) is 2.20. The fourth-order valence-corrected chi connectivity index (χ4v) is 10.1. The summed E-state index contributed by atoms with van der Waals surface area (Å²) >= 11 is 0. The first-order valence-electron chi connectivity index (χ1n) is 11.7. The van der Waals surface area contributed by atoms with Crippen LogP contribution in [0.25, 0.3) is 22.3 Å². The van der Waals surface area contributed by atoms with Crippen molar-refractivity contribution in [3.63, 3.8) is 0 Å². The highest BCUT2D eigenvalue weighted by molar-refractivity contribution is 6.91. The molecule has 33 heavy (non-hydrogen) atoms. The Morgan fingerprint density at radius 2 is 1.94 bits per heavy atom. The number of ether oxygens (including phenoxy) is 1. The van der Waals surface area contributed by atoms with Crippen LogP contribution in [0, 0.1) is 5.92 Å². The Hall–Kier alpha value is -2.77. The molecule has 2 aliphatic rings. The number of pyridine rings is 2. The van der Waals surface area contributed by atoms with Gasteiger partial charge in [-0.25, -0.2) is 9.78 Å². The van der Waals surface area contributed by atoms with Crippen LogP contribution in [-0.2, 0) is 28.3 Å². The summed E-state index contributed by atoms with van der Waals surface area (Å²) in [6.07, 6.45) is 0.138. The molecule has 5 rings (SSSR count). The number of carbonyl (C=O) groups excluding carboxylic acids is 1. The summed E-state index contributed by atoms with van der Waals surface area (Å²) in [4.78, 5) is 31.0. The van der Waals surface area contributed by atoms with E-state index < -0.39 is 19.6 Å². The number of fused-ring (bicyclic) bond motifs is 5. The summed E-state index contributed by atoms with van der Waals surface area (Å²) in [5, 5.41) is 13.6. The van der Waals surface area contributed by atoms with E-state index in [2.05, 4.69) is 39.1 Å². The van der Waals surface area contributed by atoms with Gasteiger partial charge in [0, 0.05) is 5.56 Å². The predicted molar refractivity (Wildman–Crippen MR) is 131 cm³/mol. The van der Waals surface area contributed by atoms with Gasteiger partial charge in [-0.2, -0.15) is 0 Å². The number of rotatable bonds is 4. The predicted octanol–water partition coefficient (Wildman–Crippen LogP) is 3.65. The number of cyclic esters (lactones) is 1. The quantitative estimate of drug-likeness (QED) is 0.370. The van der Waals surface area contributed by atoms with Crippen LogP contribution in [0.15, 0.2) is 35.1 Å². The molecule has 172 valence electrons. The van der Waals surface area contributed by atoms with Crippen molar-refractivity contribution in [2.45, 2.75) is 65.1 Å². The molecule has 0 bridgehead atoms. The van der Waals surface area contributed by atoms with Gasteiger partial charge in [0.1, 0.15) is 6.61 Å². The zero-order valence-electron chi connectivity index (χ0n) is 19.9.